The van der Waals surface area contributed by atoms with Gasteiger partial charge in [0.2, 0.25) is 0 Å². The topological polar surface area (TPSA) is 39.7 Å². The predicted molar refractivity (Wildman–Crippen MR) is 84.3 cm³/mol. The van der Waals surface area contributed by atoms with E-state index in [1.165, 1.54) is 19.3 Å². The van der Waals surface area contributed by atoms with Crippen molar-refractivity contribution in [3.8, 4) is 17.2 Å². The van der Waals surface area contributed by atoms with Gasteiger partial charge in [-0.1, -0.05) is 13.3 Å². The molecule has 2 atom stereocenters. The second-order valence-electron chi connectivity index (χ2n) is 5.93. The van der Waals surface area contributed by atoms with Crippen LogP contribution in [-0.4, -0.2) is 27.9 Å². The summed E-state index contributed by atoms with van der Waals surface area (Å²) in [5.41, 5.74) is 1.10. The summed E-state index contributed by atoms with van der Waals surface area (Å²) in [4.78, 5) is 0. The molecule has 2 unspecified atom stereocenters. The van der Waals surface area contributed by atoms with Crippen LogP contribution in [0.3, 0.4) is 0 Å². The van der Waals surface area contributed by atoms with Gasteiger partial charge in [-0.3, -0.25) is 0 Å². The van der Waals surface area contributed by atoms with Gasteiger partial charge in [0.1, 0.15) is 5.75 Å². The third-order valence-electron chi connectivity index (χ3n) is 4.34. The van der Waals surface area contributed by atoms with E-state index in [9.17, 15) is 0 Å². The van der Waals surface area contributed by atoms with Gasteiger partial charge in [-0.15, -0.1) is 0 Å². The van der Waals surface area contributed by atoms with Crippen LogP contribution in [0.15, 0.2) is 12.1 Å². The highest BCUT2D eigenvalue weighted by Crippen LogP contribution is 2.35. The van der Waals surface area contributed by atoms with Crippen LogP contribution in [0.25, 0.3) is 0 Å². The first-order chi connectivity index (χ1) is 10.2. The average molecular weight is 293 g/mol. The fraction of sp³-hybridized carbons (Fsp3) is 0.647. The summed E-state index contributed by atoms with van der Waals surface area (Å²) < 4.78 is 16.1. The predicted octanol–water partition coefficient (Wildman–Crippen LogP) is 3.24. The van der Waals surface area contributed by atoms with Gasteiger partial charge in [-0.05, 0) is 37.3 Å². The van der Waals surface area contributed by atoms with E-state index in [0.717, 1.165) is 42.0 Å². The molecule has 1 aliphatic rings. The Balaban J connectivity index is 1.98. The average Bonchev–Trinajstić information content (AvgIpc) is 2.92. The smallest absolute Gasteiger partial charge is 0.164 e. The minimum absolute atomic E-state index is 0.697. The highest BCUT2D eigenvalue weighted by Gasteiger charge is 2.21. The Morgan fingerprint density at radius 1 is 1.00 bits per heavy atom. The summed E-state index contributed by atoms with van der Waals surface area (Å²) in [5.74, 6) is 3.96. The maximum atomic E-state index is 5.45. The van der Waals surface area contributed by atoms with E-state index < -0.39 is 0 Å². The van der Waals surface area contributed by atoms with E-state index >= 15 is 0 Å². The molecule has 0 aromatic heterocycles. The molecule has 1 fully saturated rings. The lowest BCUT2D eigenvalue weighted by Gasteiger charge is -2.16. The van der Waals surface area contributed by atoms with Gasteiger partial charge < -0.3 is 19.5 Å². The third kappa shape index (κ3) is 4.03. The molecule has 0 heterocycles. The Kier molecular flexibility index (Phi) is 5.74. The summed E-state index contributed by atoms with van der Waals surface area (Å²) in [5, 5.41) is 3.55. The van der Waals surface area contributed by atoms with E-state index in [0.29, 0.717) is 5.75 Å². The van der Waals surface area contributed by atoms with Crippen LogP contribution < -0.4 is 19.5 Å². The zero-order valence-electron chi connectivity index (χ0n) is 13.6. The lowest BCUT2D eigenvalue weighted by Crippen LogP contribution is -2.21. The molecule has 0 aliphatic heterocycles. The number of nitrogens with one attached hydrogen (secondary N) is 1. The van der Waals surface area contributed by atoms with Crippen molar-refractivity contribution >= 4 is 0 Å². The van der Waals surface area contributed by atoms with Crippen molar-refractivity contribution in [1.29, 1.82) is 0 Å². The quantitative estimate of drug-likeness (QED) is 0.838. The molecular weight excluding hydrogens is 266 g/mol. The van der Waals surface area contributed by atoms with Gasteiger partial charge in [0.15, 0.2) is 11.5 Å². The van der Waals surface area contributed by atoms with Crippen molar-refractivity contribution in [2.75, 3.05) is 27.9 Å². The van der Waals surface area contributed by atoms with Gasteiger partial charge in [-0.25, -0.2) is 0 Å². The first-order valence-corrected chi connectivity index (χ1v) is 7.67. The van der Waals surface area contributed by atoms with Crippen LogP contribution in [0.1, 0.15) is 31.7 Å². The van der Waals surface area contributed by atoms with Crippen molar-refractivity contribution in [3.63, 3.8) is 0 Å². The van der Waals surface area contributed by atoms with Crippen molar-refractivity contribution in [3.05, 3.63) is 17.7 Å². The molecule has 1 N–H and O–H groups in total. The molecule has 0 bridgehead atoms. The number of methoxy groups -OCH3 is 3. The Morgan fingerprint density at radius 3 is 2.24 bits per heavy atom. The number of rotatable bonds is 7. The molecule has 21 heavy (non-hydrogen) atoms. The first-order valence-electron chi connectivity index (χ1n) is 7.67. The molecule has 0 spiro atoms. The second-order valence-corrected chi connectivity index (χ2v) is 5.93. The van der Waals surface area contributed by atoms with E-state index in [1.54, 1.807) is 21.3 Å². The van der Waals surface area contributed by atoms with Crippen molar-refractivity contribution in [1.82, 2.24) is 5.32 Å². The van der Waals surface area contributed by atoms with Gasteiger partial charge in [0.05, 0.1) is 21.3 Å². The number of benzene rings is 1. The first kappa shape index (κ1) is 16.0. The third-order valence-corrected chi connectivity index (χ3v) is 4.34. The summed E-state index contributed by atoms with van der Waals surface area (Å²) in [7, 11) is 4.97. The van der Waals surface area contributed by atoms with Gasteiger partial charge in [0.25, 0.3) is 0 Å². The van der Waals surface area contributed by atoms with Crippen LogP contribution in [0.4, 0.5) is 0 Å². The molecule has 1 saturated carbocycles. The van der Waals surface area contributed by atoms with Crippen LogP contribution >= 0.6 is 0 Å². The highest BCUT2D eigenvalue weighted by molar-refractivity contribution is 5.50. The zero-order valence-corrected chi connectivity index (χ0v) is 13.6. The highest BCUT2D eigenvalue weighted by atomic mass is 16.5. The number of hydrogen-bond donors (Lipinski definition) is 1. The molecule has 0 amide bonds. The molecule has 118 valence electrons. The molecule has 1 aliphatic carbocycles. The molecular formula is C17H27NO3. The summed E-state index contributed by atoms with van der Waals surface area (Å²) in [6.45, 7) is 4.20. The van der Waals surface area contributed by atoms with Gasteiger partial charge in [-0.2, -0.15) is 0 Å². The van der Waals surface area contributed by atoms with Crippen molar-refractivity contribution < 1.29 is 14.2 Å². The largest absolute Gasteiger partial charge is 0.496 e. The zero-order chi connectivity index (χ0) is 15.2. The normalized spacial score (nSPS) is 21.3. The van der Waals surface area contributed by atoms with E-state index in [2.05, 4.69) is 12.2 Å². The lowest BCUT2D eigenvalue weighted by atomic mass is 10.1. The molecule has 2 rings (SSSR count). The fourth-order valence-corrected chi connectivity index (χ4v) is 3.15. The molecule has 4 nitrogen and oxygen atoms in total. The Bertz CT molecular complexity index is 462. The van der Waals surface area contributed by atoms with E-state index in [4.69, 9.17) is 14.2 Å². The van der Waals surface area contributed by atoms with E-state index in [1.807, 2.05) is 12.1 Å². The minimum Gasteiger partial charge on any atom is -0.496 e. The van der Waals surface area contributed by atoms with Crippen LogP contribution in [-0.2, 0) is 6.54 Å². The van der Waals surface area contributed by atoms with Crippen molar-refractivity contribution in [2.45, 2.75) is 32.7 Å². The van der Waals surface area contributed by atoms with Crippen LogP contribution in [0, 0.1) is 11.8 Å². The maximum Gasteiger partial charge on any atom is 0.164 e. The van der Waals surface area contributed by atoms with Gasteiger partial charge >= 0.3 is 0 Å². The molecule has 1 aromatic carbocycles. The van der Waals surface area contributed by atoms with Gasteiger partial charge in [0, 0.05) is 18.2 Å². The Morgan fingerprint density at radius 2 is 1.67 bits per heavy atom. The summed E-state index contributed by atoms with van der Waals surface area (Å²) >= 11 is 0. The maximum absolute atomic E-state index is 5.45. The molecule has 4 heteroatoms. The Labute approximate surface area is 127 Å². The summed E-state index contributed by atoms with van der Waals surface area (Å²) in [6, 6.07) is 3.87. The van der Waals surface area contributed by atoms with Crippen molar-refractivity contribution in [2.24, 2.45) is 11.8 Å². The van der Waals surface area contributed by atoms with Crippen LogP contribution in [0.2, 0.25) is 0 Å². The van der Waals surface area contributed by atoms with Crippen LogP contribution in [0.5, 0.6) is 17.2 Å². The number of ether oxygens (including phenoxy) is 3. The SMILES string of the molecule is COc1cc(OC)c(OC)cc1CNCC1CCC(C)C1. The molecule has 0 saturated heterocycles. The summed E-state index contributed by atoms with van der Waals surface area (Å²) in [6.07, 6.45) is 4.05. The fourth-order valence-electron chi connectivity index (χ4n) is 3.15. The minimum atomic E-state index is 0.697. The monoisotopic (exact) mass is 293 g/mol. The standard InChI is InChI=1S/C17H27NO3/c1-12-5-6-13(7-12)10-18-11-14-8-16(20-3)17(21-4)9-15(14)19-2/h8-9,12-13,18H,5-7,10-11H2,1-4H3. The molecule has 1 aromatic rings. The molecule has 0 radical (unpaired) electrons. The second kappa shape index (κ2) is 7.55. The lowest BCUT2D eigenvalue weighted by molar-refractivity contribution is 0.346. The number of hydrogen-bond acceptors (Lipinski definition) is 4. The van der Waals surface area contributed by atoms with E-state index in [-0.39, 0.29) is 0 Å². The Hall–Kier alpha value is -1.42.